The molecule has 0 saturated carbocycles. The molecule has 0 spiro atoms. The van der Waals surface area contributed by atoms with Crippen molar-refractivity contribution in [1.82, 2.24) is 9.78 Å². The van der Waals surface area contributed by atoms with Crippen LogP contribution >= 0.6 is 11.6 Å². The lowest BCUT2D eigenvalue weighted by Crippen LogP contribution is -2.02. The van der Waals surface area contributed by atoms with Crippen LogP contribution in [0.25, 0.3) is 6.08 Å². The minimum Gasteiger partial charge on any atom is -0.288 e. The average molecular weight is 363 g/mol. The number of fused-ring (bicyclic) bond motifs is 1. The van der Waals surface area contributed by atoms with Gasteiger partial charge in [-0.05, 0) is 18.6 Å². The second kappa shape index (κ2) is 6.39. The number of hydrogen-bond donors (Lipinski definition) is 0. The predicted octanol–water partition coefficient (Wildman–Crippen LogP) is 4.36. The quantitative estimate of drug-likeness (QED) is 0.514. The summed E-state index contributed by atoms with van der Waals surface area (Å²) in [7, 11) is 0. The Hall–Kier alpha value is -2.98. The van der Waals surface area contributed by atoms with E-state index in [0.29, 0.717) is 34.1 Å². The summed E-state index contributed by atoms with van der Waals surface area (Å²) < 4.78 is 1.68. The Morgan fingerprint density at radius 3 is 2.15 bits per heavy atom. The van der Waals surface area contributed by atoms with Crippen LogP contribution in [0.3, 0.4) is 0 Å². The molecule has 26 heavy (non-hydrogen) atoms. The zero-order valence-electron chi connectivity index (χ0n) is 14.1. The van der Waals surface area contributed by atoms with Crippen molar-refractivity contribution in [2.24, 2.45) is 0 Å². The van der Waals surface area contributed by atoms with Gasteiger partial charge in [-0.15, -0.1) is 0 Å². The van der Waals surface area contributed by atoms with E-state index in [1.807, 2.05) is 37.3 Å². The summed E-state index contributed by atoms with van der Waals surface area (Å²) >= 11 is 6.50. The van der Waals surface area contributed by atoms with Crippen LogP contribution < -0.4 is 0 Å². The Balaban J connectivity index is 1.73. The molecule has 0 unspecified atom stereocenters. The molecule has 3 aromatic rings. The van der Waals surface area contributed by atoms with E-state index in [1.54, 1.807) is 35.0 Å². The van der Waals surface area contributed by atoms with Crippen molar-refractivity contribution in [2.75, 3.05) is 0 Å². The lowest BCUT2D eigenvalue weighted by atomic mass is 10.1. The molecule has 4 rings (SSSR count). The maximum atomic E-state index is 12.6. The van der Waals surface area contributed by atoms with Crippen LogP contribution in [0.15, 0.2) is 60.2 Å². The molecule has 0 aliphatic heterocycles. The van der Waals surface area contributed by atoms with E-state index >= 15 is 0 Å². The van der Waals surface area contributed by atoms with Crippen LogP contribution in [0.4, 0.5) is 0 Å². The van der Waals surface area contributed by atoms with Crippen LogP contribution in [-0.2, 0) is 6.54 Å². The fraction of sp³-hybridized carbons (Fsp3) is 0.0952. The average Bonchev–Trinajstić information content (AvgIpc) is 3.06. The van der Waals surface area contributed by atoms with E-state index in [4.69, 9.17) is 11.6 Å². The highest BCUT2D eigenvalue weighted by molar-refractivity contribution is 6.41. The van der Waals surface area contributed by atoms with Crippen LogP contribution in [0.1, 0.15) is 37.5 Å². The van der Waals surface area contributed by atoms with E-state index in [-0.39, 0.29) is 17.1 Å². The summed E-state index contributed by atoms with van der Waals surface area (Å²) in [4.78, 5) is 25.1. The number of hydrogen-bond acceptors (Lipinski definition) is 3. The monoisotopic (exact) mass is 362 g/mol. The number of carbonyl (C=O) groups is 2. The highest BCUT2D eigenvalue weighted by Crippen LogP contribution is 2.30. The highest BCUT2D eigenvalue weighted by atomic mass is 35.5. The standard InChI is InChI=1S/C21H15ClN2O2/c1-13-17(21(22)24(23-13)12-14-7-3-2-4-8-14)11-18-19(25)15-9-5-6-10-16(15)20(18)26/h2-11H,12H2,1H3. The molecule has 1 aromatic heterocycles. The van der Waals surface area contributed by atoms with Crippen LogP contribution in [0, 0.1) is 6.92 Å². The molecule has 2 aromatic carbocycles. The molecule has 0 radical (unpaired) electrons. The second-order valence-corrected chi connectivity index (χ2v) is 6.55. The first-order valence-corrected chi connectivity index (χ1v) is 8.61. The third-order valence-electron chi connectivity index (χ3n) is 4.48. The number of benzene rings is 2. The van der Waals surface area contributed by atoms with E-state index in [0.717, 1.165) is 5.56 Å². The van der Waals surface area contributed by atoms with Gasteiger partial charge in [-0.3, -0.25) is 9.59 Å². The maximum Gasteiger partial charge on any atom is 0.197 e. The van der Waals surface area contributed by atoms with Gasteiger partial charge in [-0.25, -0.2) is 4.68 Å². The molecule has 0 saturated heterocycles. The number of carbonyl (C=O) groups excluding carboxylic acids is 2. The lowest BCUT2D eigenvalue weighted by molar-refractivity contribution is 0.0990. The minimum atomic E-state index is -0.267. The smallest absolute Gasteiger partial charge is 0.197 e. The van der Waals surface area contributed by atoms with E-state index < -0.39 is 0 Å². The predicted molar refractivity (Wildman–Crippen MR) is 101 cm³/mol. The SMILES string of the molecule is Cc1nn(Cc2ccccc2)c(Cl)c1C=C1C(=O)c2ccccc2C1=O. The zero-order chi connectivity index (χ0) is 18.3. The number of aromatic nitrogens is 2. The highest BCUT2D eigenvalue weighted by Gasteiger charge is 2.33. The molecule has 128 valence electrons. The first kappa shape index (κ1) is 16.5. The fourth-order valence-electron chi connectivity index (χ4n) is 3.14. The molecule has 0 amide bonds. The number of halogens is 1. The van der Waals surface area contributed by atoms with Gasteiger partial charge in [0.25, 0.3) is 0 Å². The van der Waals surface area contributed by atoms with Crippen molar-refractivity contribution in [1.29, 1.82) is 0 Å². The van der Waals surface area contributed by atoms with Gasteiger partial charge in [-0.1, -0.05) is 66.2 Å². The van der Waals surface area contributed by atoms with Crippen molar-refractivity contribution in [3.05, 3.63) is 93.3 Å². The van der Waals surface area contributed by atoms with Gasteiger partial charge >= 0.3 is 0 Å². The molecule has 0 bridgehead atoms. The number of nitrogens with zero attached hydrogens (tertiary/aromatic N) is 2. The van der Waals surface area contributed by atoms with Gasteiger partial charge in [-0.2, -0.15) is 5.10 Å². The molecule has 1 heterocycles. The van der Waals surface area contributed by atoms with Gasteiger partial charge in [0.15, 0.2) is 11.6 Å². The Labute approximate surface area is 155 Å². The largest absolute Gasteiger partial charge is 0.288 e. The normalized spacial score (nSPS) is 13.2. The Bertz CT molecular complexity index is 1030. The fourth-order valence-corrected chi connectivity index (χ4v) is 3.43. The van der Waals surface area contributed by atoms with E-state index in [1.165, 1.54) is 0 Å². The molecular weight excluding hydrogens is 348 g/mol. The second-order valence-electron chi connectivity index (χ2n) is 6.19. The van der Waals surface area contributed by atoms with E-state index in [9.17, 15) is 9.59 Å². The Kier molecular flexibility index (Phi) is 4.05. The first-order valence-electron chi connectivity index (χ1n) is 8.23. The number of aryl methyl sites for hydroxylation is 1. The summed E-state index contributed by atoms with van der Waals surface area (Å²) in [6.45, 7) is 2.34. The molecule has 1 aliphatic carbocycles. The van der Waals surface area contributed by atoms with Crippen molar-refractivity contribution in [3.8, 4) is 0 Å². The summed E-state index contributed by atoms with van der Waals surface area (Å²) in [5, 5.41) is 4.88. The van der Waals surface area contributed by atoms with Gasteiger partial charge in [0.05, 0.1) is 17.8 Å². The summed E-state index contributed by atoms with van der Waals surface area (Å²) in [5.41, 5.74) is 3.36. The van der Waals surface area contributed by atoms with Gasteiger partial charge in [0, 0.05) is 16.7 Å². The number of Topliss-reactive ketones (excluding diaryl/α,β-unsaturated/α-hetero) is 2. The molecule has 5 heteroatoms. The number of allylic oxidation sites excluding steroid dienone is 1. The Morgan fingerprint density at radius 2 is 1.54 bits per heavy atom. The third kappa shape index (κ3) is 2.68. The summed E-state index contributed by atoms with van der Waals surface area (Å²) in [6.07, 6.45) is 1.57. The molecule has 0 N–H and O–H groups in total. The molecular formula is C21H15ClN2O2. The van der Waals surface area contributed by atoms with Crippen molar-refractivity contribution >= 4 is 29.2 Å². The molecule has 0 fully saturated rings. The van der Waals surface area contributed by atoms with Crippen LogP contribution in [0.2, 0.25) is 5.15 Å². The zero-order valence-corrected chi connectivity index (χ0v) is 14.8. The number of rotatable bonds is 3. The molecule has 4 nitrogen and oxygen atoms in total. The summed E-state index contributed by atoms with van der Waals surface area (Å²) in [6, 6.07) is 16.7. The Morgan fingerprint density at radius 1 is 0.962 bits per heavy atom. The van der Waals surface area contributed by atoms with Crippen molar-refractivity contribution in [3.63, 3.8) is 0 Å². The van der Waals surface area contributed by atoms with Crippen molar-refractivity contribution in [2.45, 2.75) is 13.5 Å². The minimum absolute atomic E-state index is 0.135. The molecule has 0 atom stereocenters. The molecule has 1 aliphatic rings. The van der Waals surface area contributed by atoms with Gasteiger partial charge < -0.3 is 0 Å². The van der Waals surface area contributed by atoms with Gasteiger partial charge in [0.2, 0.25) is 0 Å². The van der Waals surface area contributed by atoms with Gasteiger partial charge in [0.1, 0.15) is 5.15 Å². The van der Waals surface area contributed by atoms with Crippen molar-refractivity contribution < 1.29 is 9.59 Å². The maximum absolute atomic E-state index is 12.6. The van der Waals surface area contributed by atoms with E-state index in [2.05, 4.69) is 5.10 Å². The first-order chi connectivity index (χ1) is 12.6. The van der Waals surface area contributed by atoms with Crippen LogP contribution in [-0.4, -0.2) is 21.3 Å². The number of ketones is 2. The summed E-state index contributed by atoms with van der Waals surface area (Å²) in [5.74, 6) is -0.534. The third-order valence-corrected chi connectivity index (χ3v) is 4.88. The topological polar surface area (TPSA) is 52.0 Å². The van der Waals surface area contributed by atoms with Crippen LogP contribution in [0.5, 0.6) is 0 Å². The lowest BCUT2D eigenvalue weighted by Gasteiger charge is -2.03.